The van der Waals surface area contributed by atoms with Crippen molar-refractivity contribution in [1.82, 2.24) is 0 Å². The second-order valence-electron chi connectivity index (χ2n) is 6.50. The minimum atomic E-state index is 0.219. The summed E-state index contributed by atoms with van der Waals surface area (Å²) in [6.45, 7) is 8.88. The molecule has 20 heavy (non-hydrogen) atoms. The highest BCUT2D eigenvalue weighted by Crippen LogP contribution is 2.32. The number of allylic oxidation sites excluding steroid dienone is 2. The Balaban J connectivity index is 2.29. The summed E-state index contributed by atoms with van der Waals surface area (Å²) in [6.07, 6.45) is 6.66. The molecule has 1 nitrogen and oxygen atoms in total. The van der Waals surface area contributed by atoms with E-state index in [0.29, 0.717) is 5.92 Å². The molecule has 0 amide bonds. The SMILES string of the molecule is CSC1=NC(C)=CCCC1c1ccc(C(C)(C)C)cc1. The van der Waals surface area contributed by atoms with E-state index in [2.05, 4.69) is 64.3 Å². The van der Waals surface area contributed by atoms with Gasteiger partial charge in [-0.1, -0.05) is 51.1 Å². The van der Waals surface area contributed by atoms with Crippen LogP contribution >= 0.6 is 11.8 Å². The van der Waals surface area contributed by atoms with Crippen molar-refractivity contribution in [2.24, 2.45) is 4.99 Å². The third-order valence-electron chi connectivity index (χ3n) is 3.87. The lowest BCUT2D eigenvalue weighted by atomic mass is 9.85. The number of thioether (sulfide) groups is 1. The van der Waals surface area contributed by atoms with E-state index in [1.165, 1.54) is 16.2 Å². The van der Waals surface area contributed by atoms with Gasteiger partial charge in [0.1, 0.15) is 0 Å². The molecular weight excluding hydrogens is 262 g/mol. The summed E-state index contributed by atoms with van der Waals surface area (Å²) in [6, 6.07) is 9.13. The minimum Gasteiger partial charge on any atom is -0.251 e. The first-order valence-electron chi connectivity index (χ1n) is 7.31. The van der Waals surface area contributed by atoms with Crippen LogP contribution < -0.4 is 0 Å². The average Bonchev–Trinajstić information content (AvgIpc) is 2.59. The van der Waals surface area contributed by atoms with Crippen molar-refractivity contribution in [2.75, 3.05) is 6.26 Å². The first-order valence-corrected chi connectivity index (χ1v) is 8.54. The molecule has 1 heterocycles. The second kappa shape index (κ2) is 6.17. The van der Waals surface area contributed by atoms with Gasteiger partial charge >= 0.3 is 0 Å². The molecule has 1 aromatic rings. The lowest BCUT2D eigenvalue weighted by Crippen LogP contribution is -2.12. The smallest absolute Gasteiger partial charge is 0.0806 e. The van der Waals surface area contributed by atoms with Gasteiger partial charge in [0.25, 0.3) is 0 Å². The molecule has 1 atom stereocenters. The third-order valence-corrected chi connectivity index (χ3v) is 4.66. The summed E-state index contributed by atoms with van der Waals surface area (Å²) in [5, 5.41) is 1.25. The quantitative estimate of drug-likeness (QED) is 0.662. The summed E-state index contributed by atoms with van der Waals surface area (Å²) >= 11 is 1.78. The van der Waals surface area contributed by atoms with E-state index in [-0.39, 0.29) is 5.41 Å². The molecule has 2 heteroatoms. The first-order chi connectivity index (χ1) is 9.41. The standard InChI is InChI=1S/C18H25NS/c1-13-7-6-8-16(17(19-13)20-5)14-9-11-15(12-10-14)18(2,3)4/h7,9-12,16H,6,8H2,1-5H3. The van der Waals surface area contributed by atoms with Crippen molar-refractivity contribution in [1.29, 1.82) is 0 Å². The Labute approximate surface area is 127 Å². The zero-order valence-electron chi connectivity index (χ0n) is 13.2. The normalized spacial score (nSPS) is 20.1. The predicted octanol–water partition coefficient (Wildman–Crippen LogP) is 5.53. The molecule has 0 aromatic heterocycles. The molecule has 0 saturated heterocycles. The van der Waals surface area contributed by atoms with Gasteiger partial charge in [0.05, 0.1) is 5.04 Å². The van der Waals surface area contributed by atoms with E-state index >= 15 is 0 Å². The van der Waals surface area contributed by atoms with Crippen molar-refractivity contribution in [3.8, 4) is 0 Å². The average molecular weight is 287 g/mol. The molecule has 0 N–H and O–H groups in total. The van der Waals surface area contributed by atoms with E-state index < -0.39 is 0 Å². The van der Waals surface area contributed by atoms with Crippen molar-refractivity contribution in [3.05, 3.63) is 47.2 Å². The molecule has 1 aromatic carbocycles. The minimum absolute atomic E-state index is 0.219. The molecule has 2 rings (SSSR count). The van der Waals surface area contributed by atoms with Crippen LogP contribution in [0.4, 0.5) is 0 Å². The van der Waals surface area contributed by atoms with Gasteiger partial charge in [-0.25, -0.2) is 0 Å². The Kier molecular flexibility index (Phi) is 4.74. The van der Waals surface area contributed by atoms with Gasteiger partial charge in [-0.3, -0.25) is 4.99 Å². The summed E-state index contributed by atoms with van der Waals surface area (Å²) in [5.41, 5.74) is 4.17. The Hall–Kier alpha value is -1.02. The highest BCUT2D eigenvalue weighted by atomic mass is 32.2. The van der Waals surface area contributed by atoms with Crippen LogP contribution in [-0.4, -0.2) is 11.3 Å². The molecule has 0 radical (unpaired) electrons. The molecular formula is C18H25NS. The van der Waals surface area contributed by atoms with Crippen LogP contribution in [0.2, 0.25) is 0 Å². The fourth-order valence-corrected chi connectivity index (χ4v) is 3.37. The molecule has 0 aliphatic carbocycles. The molecule has 1 unspecified atom stereocenters. The third kappa shape index (κ3) is 3.54. The van der Waals surface area contributed by atoms with Crippen LogP contribution in [0.5, 0.6) is 0 Å². The Morgan fingerprint density at radius 1 is 1.15 bits per heavy atom. The number of aliphatic imine (C=N–C) groups is 1. The molecule has 108 valence electrons. The number of nitrogens with zero attached hydrogens (tertiary/aromatic N) is 1. The van der Waals surface area contributed by atoms with Crippen LogP contribution in [0.25, 0.3) is 0 Å². The zero-order valence-corrected chi connectivity index (χ0v) is 14.1. The van der Waals surface area contributed by atoms with Crippen LogP contribution in [-0.2, 0) is 5.41 Å². The first kappa shape index (κ1) is 15.4. The van der Waals surface area contributed by atoms with Gasteiger partial charge in [0, 0.05) is 11.6 Å². The lowest BCUT2D eigenvalue weighted by molar-refractivity contribution is 0.589. The van der Waals surface area contributed by atoms with Crippen LogP contribution in [0.3, 0.4) is 0 Å². The van der Waals surface area contributed by atoms with Gasteiger partial charge in [0.15, 0.2) is 0 Å². The summed E-state index contributed by atoms with van der Waals surface area (Å²) in [4.78, 5) is 4.76. The summed E-state index contributed by atoms with van der Waals surface area (Å²) in [7, 11) is 0. The highest BCUT2D eigenvalue weighted by Gasteiger charge is 2.20. The van der Waals surface area contributed by atoms with Crippen molar-refractivity contribution in [3.63, 3.8) is 0 Å². The summed E-state index contributed by atoms with van der Waals surface area (Å²) < 4.78 is 0. The maximum atomic E-state index is 4.76. The molecule has 0 fully saturated rings. The van der Waals surface area contributed by atoms with E-state index in [0.717, 1.165) is 18.5 Å². The molecule has 1 aliphatic heterocycles. The number of benzene rings is 1. The predicted molar refractivity (Wildman–Crippen MR) is 91.8 cm³/mol. The molecule has 1 aliphatic rings. The van der Waals surface area contributed by atoms with E-state index in [9.17, 15) is 0 Å². The molecule has 0 saturated carbocycles. The van der Waals surface area contributed by atoms with E-state index in [1.54, 1.807) is 11.8 Å². The lowest BCUT2D eigenvalue weighted by Gasteiger charge is -2.21. The van der Waals surface area contributed by atoms with Gasteiger partial charge in [0.2, 0.25) is 0 Å². The van der Waals surface area contributed by atoms with Crippen LogP contribution in [0.1, 0.15) is 57.6 Å². The zero-order chi connectivity index (χ0) is 14.8. The highest BCUT2D eigenvalue weighted by molar-refractivity contribution is 8.13. The molecule has 0 bridgehead atoms. The Bertz CT molecular complexity index is 517. The van der Waals surface area contributed by atoms with Gasteiger partial charge in [-0.15, -0.1) is 11.8 Å². The van der Waals surface area contributed by atoms with Crippen molar-refractivity contribution >= 4 is 16.8 Å². The second-order valence-corrected chi connectivity index (χ2v) is 7.33. The number of hydrogen-bond donors (Lipinski definition) is 0. The van der Waals surface area contributed by atoms with Gasteiger partial charge < -0.3 is 0 Å². The fraction of sp³-hybridized carbons (Fsp3) is 0.500. The fourth-order valence-electron chi connectivity index (χ4n) is 2.59. The molecule has 0 spiro atoms. The monoisotopic (exact) mass is 287 g/mol. The van der Waals surface area contributed by atoms with Gasteiger partial charge in [-0.2, -0.15) is 0 Å². The van der Waals surface area contributed by atoms with Crippen LogP contribution in [0.15, 0.2) is 41.0 Å². The largest absolute Gasteiger partial charge is 0.251 e. The van der Waals surface area contributed by atoms with Crippen molar-refractivity contribution in [2.45, 2.75) is 51.9 Å². The van der Waals surface area contributed by atoms with Crippen LogP contribution in [0, 0.1) is 0 Å². The maximum absolute atomic E-state index is 4.76. The van der Waals surface area contributed by atoms with E-state index in [1.807, 2.05) is 0 Å². The maximum Gasteiger partial charge on any atom is 0.0806 e. The number of hydrogen-bond acceptors (Lipinski definition) is 2. The topological polar surface area (TPSA) is 12.4 Å². The van der Waals surface area contributed by atoms with Crippen molar-refractivity contribution < 1.29 is 0 Å². The number of rotatable bonds is 1. The summed E-state index contributed by atoms with van der Waals surface area (Å²) in [5.74, 6) is 0.452. The Morgan fingerprint density at radius 2 is 1.80 bits per heavy atom. The Morgan fingerprint density at radius 3 is 2.35 bits per heavy atom. The van der Waals surface area contributed by atoms with E-state index in [4.69, 9.17) is 4.99 Å². The van der Waals surface area contributed by atoms with Gasteiger partial charge in [-0.05, 0) is 42.6 Å².